The Hall–Kier alpha value is -0.910. The monoisotopic (exact) mass is 284 g/mol. The van der Waals surface area contributed by atoms with Crippen LogP contribution < -0.4 is 0 Å². The maximum absolute atomic E-state index is 12.1. The molecule has 1 aromatic rings. The zero-order valence-corrected chi connectivity index (χ0v) is 12.1. The van der Waals surface area contributed by atoms with Gasteiger partial charge in [0.1, 0.15) is 0 Å². The average Bonchev–Trinajstić information content (AvgIpc) is 2.32. The Labute approximate surface area is 114 Å². The molecule has 1 aliphatic carbocycles. The molecule has 2 rings (SSSR count). The molecule has 1 aliphatic rings. The van der Waals surface area contributed by atoms with E-state index in [1.165, 1.54) is 0 Å². The molecule has 0 bridgehead atoms. The first-order valence-corrected chi connectivity index (χ1v) is 7.92. The van der Waals surface area contributed by atoms with E-state index in [9.17, 15) is 13.5 Å². The summed E-state index contributed by atoms with van der Waals surface area (Å²) < 4.78 is 29.4. The Bertz CT molecular complexity index is 521. The van der Waals surface area contributed by atoms with Crippen LogP contribution in [0.3, 0.4) is 0 Å². The quantitative estimate of drug-likeness (QED) is 0.866. The van der Waals surface area contributed by atoms with E-state index in [0.717, 1.165) is 5.56 Å². The molecule has 1 saturated carbocycles. The van der Waals surface area contributed by atoms with Gasteiger partial charge in [-0.25, -0.2) is 0 Å². The van der Waals surface area contributed by atoms with Gasteiger partial charge in [0, 0.05) is 0 Å². The Morgan fingerprint density at radius 1 is 1.21 bits per heavy atom. The van der Waals surface area contributed by atoms with Crippen LogP contribution in [0.2, 0.25) is 0 Å². The van der Waals surface area contributed by atoms with Crippen LogP contribution in [0.25, 0.3) is 0 Å². The molecule has 0 unspecified atom stereocenters. The summed E-state index contributed by atoms with van der Waals surface area (Å²) >= 11 is 0. The van der Waals surface area contributed by atoms with Crippen molar-refractivity contribution in [3.8, 4) is 0 Å². The Balaban J connectivity index is 2.04. The molecule has 0 aromatic heterocycles. The van der Waals surface area contributed by atoms with Crippen LogP contribution in [0, 0.1) is 6.92 Å². The molecule has 0 amide bonds. The number of rotatable bonds is 3. The topological polar surface area (TPSA) is 63.6 Å². The Morgan fingerprint density at radius 3 is 2.26 bits per heavy atom. The van der Waals surface area contributed by atoms with Crippen molar-refractivity contribution in [1.82, 2.24) is 0 Å². The van der Waals surface area contributed by atoms with E-state index in [1.54, 1.807) is 31.2 Å². The van der Waals surface area contributed by atoms with Crippen molar-refractivity contribution < 1.29 is 17.7 Å². The van der Waals surface area contributed by atoms with Crippen molar-refractivity contribution in [2.75, 3.05) is 0 Å². The highest BCUT2D eigenvalue weighted by Gasteiger charge is 2.32. The van der Waals surface area contributed by atoms with E-state index >= 15 is 0 Å². The van der Waals surface area contributed by atoms with Gasteiger partial charge in [0.25, 0.3) is 10.1 Å². The molecule has 1 fully saturated rings. The molecule has 19 heavy (non-hydrogen) atoms. The van der Waals surface area contributed by atoms with Crippen molar-refractivity contribution >= 4 is 10.1 Å². The second-order valence-corrected chi connectivity index (χ2v) is 7.13. The minimum absolute atomic E-state index is 0.190. The first kappa shape index (κ1) is 14.5. The summed E-state index contributed by atoms with van der Waals surface area (Å²) in [6.07, 6.45) is 1.95. The van der Waals surface area contributed by atoms with Crippen molar-refractivity contribution in [2.45, 2.75) is 56.1 Å². The summed E-state index contributed by atoms with van der Waals surface area (Å²) in [4.78, 5) is 0.190. The van der Waals surface area contributed by atoms with Crippen molar-refractivity contribution in [3.05, 3.63) is 29.8 Å². The van der Waals surface area contributed by atoms with Crippen LogP contribution in [0.15, 0.2) is 29.2 Å². The molecule has 0 radical (unpaired) electrons. The van der Waals surface area contributed by atoms with Crippen LogP contribution in [-0.2, 0) is 14.3 Å². The largest absolute Gasteiger partial charge is 0.390 e. The summed E-state index contributed by atoms with van der Waals surface area (Å²) in [7, 11) is -3.70. The van der Waals surface area contributed by atoms with Crippen LogP contribution in [0.1, 0.15) is 38.2 Å². The van der Waals surface area contributed by atoms with E-state index in [0.29, 0.717) is 25.7 Å². The molecule has 4 nitrogen and oxygen atoms in total. The van der Waals surface area contributed by atoms with E-state index in [1.807, 2.05) is 6.92 Å². The molecular formula is C14H20O4S. The summed E-state index contributed by atoms with van der Waals surface area (Å²) in [6, 6.07) is 6.62. The number of aliphatic hydroxyl groups is 1. The van der Waals surface area contributed by atoms with Crippen LogP contribution in [0.5, 0.6) is 0 Å². The maximum atomic E-state index is 12.1. The zero-order chi connectivity index (χ0) is 14.1. The van der Waals surface area contributed by atoms with Gasteiger partial charge < -0.3 is 5.11 Å². The Kier molecular flexibility index (Phi) is 3.99. The van der Waals surface area contributed by atoms with Gasteiger partial charge in [0.05, 0.1) is 16.6 Å². The van der Waals surface area contributed by atoms with Gasteiger partial charge in [-0.3, -0.25) is 4.18 Å². The SMILES string of the molecule is Cc1ccc(S(=O)(=O)O[C@H]2CC[C@@](C)(O)CC2)cc1. The summed E-state index contributed by atoms with van der Waals surface area (Å²) in [6.45, 7) is 3.68. The molecule has 106 valence electrons. The molecule has 0 spiro atoms. The maximum Gasteiger partial charge on any atom is 0.297 e. The predicted octanol–water partition coefficient (Wildman–Crippen LogP) is 2.39. The minimum atomic E-state index is -3.70. The lowest BCUT2D eigenvalue weighted by molar-refractivity contribution is -0.00949. The molecule has 0 heterocycles. The van der Waals surface area contributed by atoms with Crippen LogP contribution in [0.4, 0.5) is 0 Å². The lowest BCUT2D eigenvalue weighted by atomic mass is 9.85. The summed E-state index contributed by atoms with van der Waals surface area (Å²) in [5.74, 6) is 0. The average molecular weight is 284 g/mol. The molecule has 1 N–H and O–H groups in total. The number of hydrogen-bond acceptors (Lipinski definition) is 4. The van der Waals surface area contributed by atoms with Crippen molar-refractivity contribution in [2.24, 2.45) is 0 Å². The van der Waals surface area contributed by atoms with Gasteiger partial charge in [-0.05, 0) is 51.7 Å². The number of hydrogen-bond donors (Lipinski definition) is 1. The second kappa shape index (κ2) is 5.23. The highest BCUT2D eigenvalue weighted by atomic mass is 32.2. The molecular weight excluding hydrogens is 264 g/mol. The van der Waals surface area contributed by atoms with Crippen LogP contribution in [-0.4, -0.2) is 25.2 Å². The van der Waals surface area contributed by atoms with E-state index in [4.69, 9.17) is 4.18 Å². The normalized spacial score (nSPS) is 28.3. The van der Waals surface area contributed by atoms with E-state index in [2.05, 4.69) is 0 Å². The molecule has 1 aromatic carbocycles. The smallest absolute Gasteiger partial charge is 0.297 e. The summed E-state index contributed by atoms with van der Waals surface area (Å²) in [5.41, 5.74) is 0.320. The van der Waals surface area contributed by atoms with E-state index in [-0.39, 0.29) is 11.0 Å². The lowest BCUT2D eigenvalue weighted by Gasteiger charge is -2.32. The van der Waals surface area contributed by atoms with Crippen molar-refractivity contribution in [3.63, 3.8) is 0 Å². The fourth-order valence-electron chi connectivity index (χ4n) is 2.25. The van der Waals surface area contributed by atoms with Gasteiger partial charge in [-0.15, -0.1) is 0 Å². The van der Waals surface area contributed by atoms with E-state index < -0.39 is 15.7 Å². The lowest BCUT2D eigenvalue weighted by Crippen LogP contribution is -2.34. The zero-order valence-electron chi connectivity index (χ0n) is 11.3. The number of benzene rings is 1. The highest BCUT2D eigenvalue weighted by Crippen LogP contribution is 2.31. The molecule has 0 atom stereocenters. The third kappa shape index (κ3) is 3.78. The Morgan fingerprint density at radius 2 is 1.74 bits per heavy atom. The fourth-order valence-corrected chi connectivity index (χ4v) is 3.38. The third-order valence-corrected chi connectivity index (χ3v) is 4.96. The standard InChI is InChI=1S/C14H20O4S/c1-11-3-5-13(6-4-11)19(16,17)18-12-7-9-14(2,15)10-8-12/h3-6,12,15H,7-10H2,1-2H3/t12-,14+. The van der Waals surface area contributed by atoms with Gasteiger partial charge in [-0.2, -0.15) is 8.42 Å². The minimum Gasteiger partial charge on any atom is -0.390 e. The molecule has 5 heteroatoms. The van der Waals surface area contributed by atoms with Crippen LogP contribution >= 0.6 is 0 Å². The predicted molar refractivity (Wildman–Crippen MR) is 72.3 cm³/mol. The fraction of sp³-hybridized carbons (Fsp3) is 0.571. The van der Waals surface area contributed by atoms with Gasteiger partial charge in [0.15, 0.2) is 0 Å². The number of aryl methyl sites for hydroxylation is 1. The van der Waals surface area contributed by atoms with Gasteiger partial charge in [0.2, 0.25) is 0 Å². The van der Waals surface area contributed by atoms with Gasteiger partial charge >= 0.3 is 0 Å². The molecule has 0 saturated heterocycles. The molecule has 0 aliphatic heterocycles. The first-order chi connectivity index (χ1) is 8.78. The third-order valence-electron chi connectivity index (χ3n) is 3.58. The first-order valence-electron chi connectivity index (χ1n) is 6.51. The highest BCUT2D eigenvalue weighted by molar-refractivity contribution is 7.86. The summed E-state index contributed by atoms with van der Waals surface area (Å²) in [5, 5.41) is 9.83. The van der Waals surface area contributed by atoms with Crippen molar-refractivity contribution in [1.29, 1.82) is 0 Å². The second-order valence-electron chi connectivity index (χ2n) is 5.56. The van der Waals surface area contributed by atoms with Gasteiger partial charge in [-0.1, -0.05) is 17.7 Å².